The maximum absolute atomic E-state index is 12.6. The number of aromatic nitrogens is 3. The number of hydrogen-bond donors (Lipinski definition) is 2. The van der Waals surface area contributed by atoms with E-state index in [1.165, 1.54) is 47.3 Å². The largest absolute Gasteiger partial charge is 0.309 e. The fourth-order valence-electron chi connectivity index (χ4n) is 3.95. The summed E-state index contributed by atoms with van der Waals surface area (Å²) in [5.74, 6) is 1.71. The summed E-state index contributed by atoms with van der Waals surface area (Å²) in [5.41, 5.74) is 1.89. The standard InChI is InChI=1S/C22H29N5O2S3/c1-12-6-5-7-27(8-12)9-16-10-31-22(23-16)26-19(28)15(4)30-11-17-24-20(29)18-13(2)14(3)32-21(18)25-17/h10,12,15H,5-9,11H2,1-4H3,(H,23,26,28)(H,24,25,29). The number of aromatic amines is 1. The summed E-state index contributed by atoms with van der Waals surface area (Å²) in [6.45, 7) is 11.2. The van der Waals surface area contributed by atoms with Crippen LogP contribution in [0.3, 0.4) is 0 Å². The Kier molecular flexibility index (Phi) is 7.34. The first-order valence-electron chi connectivity index (χ1n) is 10.9. The van der Waals surface area contributed by atoms with Gasteiger partial charge >= 0.3 is 0 Å². The lowest BCUT2D eigenvalue weighted by Crippen LogP contribution is -2.33. The summed E-state index contributed by atoms with van der Waals surface area (Å²) < 4.78 is 0. The average Bonchev–Trinajstić information content (AvgIpc) is 3.29. The molecular formula is C22H29N5O2S3. The highest BCUT2D eigenvalue weighted by Gasteiger charge is 2.19. The molecule has 10 heteroatoms. The van der Waals surface area contributed by atoms with Crippen molar-refractivity contribution in [3.8, 4) is 0 Å². The van der Waals surface area contributed by atoms with Crippen LogP contribution in [-0.2, 0) is 17.1 Å². The van der Waals surface area contributed by atoms with Crippen molar-refractivity contribution >= 4 is 55.7 Å². The van der Waals surface area contributed by atoms with Gasteiger partial charge < -0.3 is 10.3 Å². The summed E-state index contributed by atoms with van der Waals surface area (Å²) in [5, 5.41) is 5.98. The van der Waals surface area contributed by atoms with Gasteiger partial charge in [0.05, 0.1) is 22.1 Å². The molecule has 0 spiro atoms. The molecule has 0 aromatic carbocycles. The molecule has 0 saturated carbocycles. The van der Waals surface area contributed by atoms with Crippen LogP contribution in [0.5, 0.6) is 0 Å². The second-order valence-corrected chi connectivity index (χ2v) is 11.9. The number of anilines is 1. The number of aryl methyl sites for hydroxylation is 2. The van der Waals surface area contributed by atoms with Gasteiger partial charge in [0, 0.05) is 23.3 Å². The molecule has 32 heavy (non-hydrogen) atoms. The van der Waals surface area contributed by atoms with Crippen molar-refractivity contribution in [1.29, 1.82) is 0 Å². The summed E-state index contributed by atoms with van der Waals surface area (Å²) in [6, 6.07) is 0. The Labute approximate surface area is 200 Å². The van der Waals surface area contributed by atoms with Crippen molar-refractivity contribution < 1.29 is 4.79 Å². The minimum absolute atomic E-state index is 0.0891. The fourth-order valence-corrected chi connectivity index (χ4v) is 6.46. The number of rotatable bonds is 7. The summed E-state index contributed by atoms with van der Waals surface area (Å²) in [4.78, 5) is 41.4. The van der Waals surface area contributed by atoms with Gasteiger partial charge in [0.25, 0.3) is 5.56 Å². The third-order valence-corrected chi connectivity index (χ3v) is 8.90. The molecule has 4 heterocycles. The van der Waals surface area contributed by atoms with Crippen LogP contribution in [0, 0.1) is 19.8 Å². The van der Waals surface area contributed by atoms with Crippen LogP contribution < -0.4 is 10.9 Å². The molecule has 0 aliphatic carbocycles. The second-order valence-electron chi connectivity index (χ2n) is 8.55. The van der Waals surface area contributed by atoms with Gasteiger partial charge in [0.1, 0.15) is 10.7 Å². The zero-order valence-corrected chi connectivity index (χ0v) is 21.3. The summed E-state index contributed by atoms with van der Waals surface area (Å²) >= 11 is 4.45. The molecule has 1 aliphatic heterocycles. The zero-order chi connectivity index (χ0) is 22.8. The third-order valence-electron chi connectivity index (χ3n) is 5.84. The number of H-pyrrole nitrogens is 1. The number of hydrogen-bond acceptors (Lipinski definition) is 8. The van der Waals surface area contributed by atoms with E-state index in [4.69, 9.17) is 0 Å². The predicted molar refractivity (Wildman–Crippen MR) is 135 cm³/mol. The average molecular weight is 492 g/mol. The van der Waals surface area contributed by atoms with Gasteiger partial charge in [-0.05, 0) is 51.6 Å². The Bertz CT molecular complexity index is 1170. The third kappa shape index (κ3) is 5.41. The molecule has 2 N–H and O–H groups in total. The van der Waals surface area contributed by atoms with Crippen molar-refractivity contribution in [2.75, 3.05) is 18.4 Å². The number of likely N-dealkylation sites (tertiary alicyclic amines) is 1. The maximum atomic E-state index is 12.6. The van der Waals surface area contributed by atoms with E-state index in [2.05, 4.69) is 32.1 Å². The lowest BCUT2D eigenvalue weighted by atomic mass is 10.0. The summed E-state index contributed by atoms with van der Waals surface area (Å²) in [6.07, 6.45) is 2.54. The molecule has 4 rings (SSSR count). The number of thiophene rings is 1. The van der Waals surface area contributed by atoms with Gasteiger partial charge in [-0.2, -0.15) is 0 Å². The van der Waals surface area contributed by atoms with Crippen molar-refractivity contribution in [2.45, 2.75) is 58.1 Å². The minimum atomic E-state index is -0.293. The first-order valence-corrected chi connectivity index (χ1v) is 13.6. The van der Waals surface area contributed by atoms with Gasteiger partial charge in [0.2, 0.25) is 5.91 Å². The van der Waals surface area contributed by atoms with Crippen LogP contribution >= 0.6 is 34.4 Å². The van der Waals surface area contributed by atoms with E-state index < -0.39 is 0 Å². The van der Waals surface area contributed by atoms with E-state index in [1.54, 1.807) is 0 Å². The number of amides is 1. The Morgan fingerprint density at radius 1 is 1.41 bits per heavy atom. The molecule has 3 aromatic rings. The van der Waals surface area contributed by atoms with E-state index in [9.17, 15) is 9.59 Å². The first kappa shape index (κ1) is 23.4. The second kappa shape index (κ2) is 10.0. The molecule has 0 radical (unpaired) electrons. The Morgan fingerprint density at radius 3 is 3.00 bits per heavy atom. The normalized spacial score (nSPS) is 18.2. The minimum Gasteiger partial charge on any atom is -0.309 e. The number of nitrogens with one attached hydrogen (secondary N) is 2. The number of thioether (sulfide) groups is 1. The molecule has 2 atom stereocenters. The van der Waals surface area contributed by atoms with Crippen LogP contribution in [-0.4, -0.2) is 44.1 Å². The number of thiazole rings is 1. The number of nitrogens with zero attached hydrogens (tertiary/aromatic N) is 3. The highest BCUT2D eigenvalue weighted by molar-refractivity contribution is 7.99. The quantitative estimate of drug-likeness (QED) is 0.504. The highest BCUT2D eigenvalue weighted by atomic mass is 32.2. The van der Waals surface area contributed by atoms with Crippen molar-refractivity contribution in [3.63, 3.8) is 0 Å². The number of carbonyl (C=O) groups excluding carboxylic acids is 1. The number of carbonyl (C=O) groups is 1. The molecule has 2 unspecified atom stereocenters. The van der Waals surface area contributed by atoms with Crippen LogP contribution in [0.15, 0.2) is 10.2 Å². The van der Waals surface area contributed by atoms with E-state index in [1.807, 2.05) is 26.2 Å². The number of piperidine rings is 1. The molecule has 172 valence electrons. The molecule has 1 aliphatic rings. The SMILES string of the molecule is Cc1sc2nc(CSC(C)C(=O)Nc3nc(CN4CCCC(C)C4)cs3)[nH]c(=O)c2c1C. The lowest BCUT2D eigenvalue weighted by Gasteiger charge is -2.30. The van der Waals surface area contributed by atoms with Crippen molar-refractivity contribution in [1.82, 2.24) is 19.9 Å². The van der Waals surface area contributed by atoms with E-state index in [0.29, 0.717) is 22.1 Å². The van der Waals surface area contributed by atoms with Gasteiger partial charge in [-0.1, -0.05) is 6.92 Å². The first-order chi connectivity index (χ1) is 15.3. The molecule has 7 nitrogen and oxygen atoms in total. The van der Waals surface area contributed by atoms with Gasteiger partial charge in [-0.3, -0.25) is 14.5 Å². The Hall–Kier alpha value is -1.75. The van der Waals surface area contributed by atoms with Crippen LogP contribution in [0.25, 0.3) is 10.2 Å². The molecular weight excluding hydrogens is 462 g/mol. The smallest absolute Gasteiger partial charge is 0.259 e. The fraction of sp³-hybridized carbons (Fsp3) is 0.545. The van der Waals surface area contributed by atoms with Gasteiger partial charge in [-0.25, -0.2) is 9.97 Å². The maximum Gasteiger partial charge on any atom is 0.259 e. The lowest BCUT2D eigenvalue weighted by molar-refractivity contribution is -0.115. The predicted octanol–water partition coefficient (Wildman–Crippen LogP) is 4.55. The topological polar surface area (TPSA) is 91.0 Å². The molecule has 0 bridgehead atoms. The molecule has 1 saturated heterocycles. The summed E-state index contributed by atoms with van der Waals surface area (Å²) in [7, 11) is 0. The highest BCUT2D eigenvalue weighted by Crippen LogP contribution is 2.27. The molecule has 1 amide bonds. The van der Waals surface area contributed by atoms with Crippen LogP contribution in [0.1, 0.15) is 48.6 Å². The van der Waals surface area contributed by atoms with Gasteiger partial charge in [-0.15, -0.1) is 34.4 Å². The molecule has 3 aromatic heterocycles. The Morgan fingerprint density at radius 2 is 2.22 bits per heavy atom. The Balaban J connectivity index is 1.31. The van der Waals surface area contributed by atoms with Crippen molar-refractivity contribution in [3.05, 3.63) is 37.7 Å². The van der Waals surface area contributed by atoms with Gasteiger partial charge in [0.15, 0.2) is 5.13 Å². The van der Waals surface area contributed by atoms with E-state index in [-0.39, 0.29) is 16.7 Å². The van der Waals surface area contributed by atoms with E-state index >= 15 is 0 Å². The van der Waals surface area contributed by atoms with Crippen LogP contribution in [0.2, 0.25) is 0 Å². The van der Waals surface area contributed by atoms with E-state index in [0.717, 1.165) is 46.5 Å². The van der Waals surface area contributed by atoms with Crippen LogP contribution in [0.4, 0.5) is 5.13 Å². The monoisotopic (exact) mass is 491 g/mol. The molecule has 1 fully saturated rings. The zero-order valence-electron chi connectivity index (χ0n) is 18.9. The van der Waals surface area contributed by atoms with Crippen molar-refractivity contribution in [2.24, 2.45) is 5.92 Å². The number of fused-ring (bicyclic) bond motifs is 1.